The molecule has 0 bridgehead atoms. The van der Waals surface area contributed by atoms with Crippen molar-refractivity contribution >= 4 is 10.9 Å². The fourth-order valence-corrected chi connectivity index (χ4v) is 1.86. The zero-order valence-electron chi connectivity index (χ0n) is 13.2. The van der Waals surface area contributed by atoms with Gasteiger partial charge < -0.3 is 0 Å². The smallest absolute Gasteiger partial charge is 0.0701 e. The molecule has 4 rings (SSSR count). The zero-order chi connectivity index (χ0) is 16.2. The lowest BCUT2D eigenvalue weighted by Gasteiger charge is -1.91. The second kappa shape index (κ2) is 9.85. The molecular formula is C21H20N2. The van der Waals surface area contributed by atoms with Crippen LogP contribution in [0.15, 0.2) is 104 Å². The van der Waals surface area contributed by atoms with Gasteiger partial charge in [0.15, 0.2) is 0 Å². The summed E-state index contributed by atoms with van der Waals surface area (Å²) >= 11 is 0. The van der Waals surface area contributed by atoms with E-state index in [1.807, 2.05) is 66.9 Å². The molecule has 2 heterocycles. The molecule has 114 valence electrons. The minimum Gasteiger partial charge on any atom is -0.265 e. The zero-order valence-corrected chi connectivity index (χ0v) is 13.2. The molecule has 23 heavy (non-hydrogen) atoms. The number of pyridine rings is 2. The predicted molar refractivity (Wildman–Crippen MR) is 97.2 cm³/mol. The third-order valence-corrected chi connectivity index (χ3v) is 3.02. The van der Waals surface area contributed by atoms with E-state index in [-0.39, 0.29) is 0 Å². The second-order valence-electron chi connectivity index (χ2n) is 4.88. The average Bonchev–Trinajstić information content (AvgIpc) is 2.65. The van der Waals surface area contributed by atoms with Crippen LogP contribution in [0.3, 0.4) is 0 Å². The van der Waals surface area contributed by atoms with Gasteiger partial charge in [0.2, 0.25) is 0 Å². The van der Waals surface area contributed by atoms with E-state index in [2.05, 4.69) is 41.2 Å². The molecule has 0 saturated heterocycles. The Bertz CT molecular complexity index is 692. The summed E-state index contributed by atoms with van der Waals surface area (Å²) < 4.78 is 0. The topological polar surface area (TPSA) is 25.8 Å². The Morgan fingerprint density at radius 1 is 0.565 bits per heavy atom. The minimum absolute atomic E-state index is 1.06. The van der Waals surface area contributed by atoms with Crippen LogP contribution in [0.5, 0.6) is 0 Å². The first-order chi connectivity index (χ1) is 11.4. The third-order valence-electron chi connectivity index (χ3n) is 3.02. The van der Waals surface area contributed by atoms with E-state index in [9.17, 15) is 0 Å². The van der Waals surface area contributed by atoms with E-state index in [1.165, 1.54) is 10.9 Å². The van der Waals surface area contributed by atoms with Gasteiger partial charge in [0.05, 0.1) is 5.52 Å². The summed E-state index contributed by atoms with van der Waals surface area (Å²) in [6.45, 7) is 2.08. The first kappa shape index (κ1) is 16.4. The lowest BCUT2D eigenvalue weighted by atomic mass is 10.2. The van der Waals surface area contributed by atoms with Gasteiger partial charge in [0.1, 0.15) is 0 Å². The second-order valence-corrected chi connectivity index (χ2v) is 4.88. The third kappa shape index (κ3) is 6.53. The predicted octanol–water partition coefficient (Wildman–Crippen LogP) is 5.31. The summed E-state index contributed by atoms with van der Waals surface area (Å²) in [6.07, 6.45) is 5.31. The summed E-state index contributed by atoms with van der Waals surface area (Å²) in [5.41, 5.74) is 2.38. The van der Waals surface area contributed by atoms with Crippen molar-refractivity contribution in [1.29, 1.82) is 0 Å². The van der Waals surface area contributed by atoms with Crippen molar-refractivity contribution in [3.8, 4) is 0 Å². The van der Waals surface area contributed by atoms with Crippen LogP contribution >= 0.6 is 0 Å². The van der Waals surface area contributed by atoms with Gasteiger partial charge in [-0.15, -0.1) is 0 Å². The van der Waals surface area contributed by atoms with Gasteiger partial charge in [-0.25, -0.2) is 0 Å². The average molecular weight is 300 g/mol. The Kier molecular flexibility index (Phi) is 7.01. The lowest BCUT2D eigenvalue weighted by Crippen LogP contribution is -1.73. The van der Waals surface area contributed by atoms with Crippen LogP contribution in [0.4, 0.5) is 0 Å². The molecule has 0 aliphatic carbocycles. The van der Waals surface area contributed by atoms with Crippen molar-refractivity contribution in [1.82, 2.24) is 9.97 Å². The maximum atomic E-state index is 4.18. The molecule has 0 N–H and O–H groups in total. The number of aryl methyl sites for hydroxylation is 1. The largest absolute Gasteiger partial charge is 0.265 e. The fourth-order valence-electron chi connectivity index (χ4n) is 1.86. The van der Waals surface area contributed by atoms with Gasteiger partial charge in [-0.3, -0.25) is 9.97 Å². The van der Waals surface area contributed by atoms with Crippen LogP contribution in [0.25, 0.3) is 10.9 Å². The fraction of sp³-hybridized carbons (Fsp3) is 0.0476. The first-order valence-electron chi connectivity index (χ1n) is 7.52. The molecule has 0 amide bonds. The molecule has 0 radical (unpaired) electrons. The van der Waals surface area contributed by atoms with Gasteiger partial charge in [0.25, 0.3) is 0 Å². The van der Waals surface area contributed by atoms with Crippen molar-refractivity contribution in [3.05, 3.63) is 109 Å². The number of hydrogen-bond acceptors (Lipinski definition) is 2. The van der Waals surface area contributed by atoms with Crippen LogP contribution in [0.1, 0.15) is 5.56 Å². The minimum atomic E-state index is 1.06. The van der Waals surface area contributed by atoms with Crippen molar-refractivity contribution in [2.75, 3.05) is 0 Å². The Labute approximate surface area is 137 Å². The highest BCUT2D eigenvalue weighted by Crippen LogP contribution is 2.07. The lowest BCUT2D eigenvalue weighted by molar-refractivity contribution is 1.33. The Morgan fingerprint density at radius 2 is 1.17 bits per heavy atom. The summed E-state index contributed by atoms with van der Waals surface area (Å²) in [4.78, 5) is 7.97. The van der Waals surface area contributed by atoms with Crippen molar-refractivity contribution in [2.24, 2.45) is 0 Å². The normalized spacial score (nSPS) is 9.09. The van der Waals surface area contributed by atoms with Crippen molar-refractivity contribution in [3.63, 3.8) is 0 Å². The van der Waals surface area contributed by atoms with E-state index in [0.29, 0.717) is 0 Å². The number of para-hydroxylation sites is 1. The summed E-state index contributed by atoms with van der Waals surface area (Å²) in [7, 11) is 0. The quantitative estimate of drug-likeness (QED) is 0.440. The number of fused-ring (bicyclic) bond motifs is 1. The SMILES string of the molecule is Cc1ccccc1.c1ccc2ncccc2c1.c1ccncc1. The molecular weight excluding hydrogens is 280 g/mol. The number of nitrogens with zero attached hydrogens (tertiary/aromatic N) is 2. The maximum Gasteiger partial charge on any atom is 0.0701 e. The standard InChI is InChI=1S/C9H7N.C7H8.C5H5N/c1-2-6-9-8(4-1)5-3-7-10-9;1-7-5-3-2-4-6-7;1-2-4-6-5-3-1/h1-7H;2-6H,1H3;1-5H. The van der Waals surface area contributed by atoms with E-state index >= 15 is 0 Å². The van der Waals surface area contributed by atoms with Crippen LogP contribution < -0.4 is 0 Å². The first-order valence-corrected chi connectivity index (χ1v) is 7.52. The Morgan fingerprint density at radius 3 is 1.70 bits per heavy atom. The van der Waals surface area contributed by atoms with Gasteiger partial charge in [-0.2, -0.15) is 0 Å². The molecule has 2 heteroatoms. The molecule has 0 atom stereocenters. The number of rotatable bonds is 0. The molecule has 0 aliphatic heterocycles. The summed E-state index contributed by atoms with van der Waals surface area (Å²) in [6, 6.07) is 28.1. The molecule has 2 aromatic heterocycles. The number of benzene rings is 2. The highest BCUT2D eigenvalue weighted by molar-refractivity contribution is 5.77. The van der Waals surface area contributed by atoms with E-state index in [4.69, 9.17) is 0 Å². The Balaban J connectivity index is 0.000000131. The van der Waals surface area contributed by atoms with Crippen LogP contribution in [-0.2, 0) is 0 Å². The number of hydrogen-bond donors (Lipinski definition) is 0. The maximum absolute atomic E-state index is 4.18. The van der Waals surface area contributed by atoms with Crippen molar-refractivity contribution in [2.45, 2.75) is 6.92 Å². The summed E-state index contributed by atoms with van der Waals surface area (Å²) in [5.74, 6) is 0. The molecule has 0 saturated carbocycles. The van der Waals surface area contributed by atoms with Crippen LogP contribution in [0.2, 0.25) is 0 Å². The molecule has 2 nitrogen and oxygen atoms in total. The molecule has 0 unspecified atom stereocenters. The van der Waals surface area contributed by atoms with Crippen LogP contribution in [-0.4, -0.2) is 9.97 Å². The van der Waals surface area contributed by atoms with E-state index in [0.717, 1.165) is 5.52 Å². The van der Waals surface area contributed by atoms with Gasteiger partial charge >= 0.3 is 0 Å². The van der Waals surface area contributed by atoms with E-state index in [1.54, 1.807) is 12.4 Å². The molecule has 0 fully saturated rings. The molecule has 4 aromatic rings. The Hall–Kier alpha value is -3.00. The molecule has 0 aliphatic rings. The number of aromatic nitrogens is 2. The van der Waals surface area contributed by atoms with Crippen LogP contribution in [0, 0.1) is 6.92 Å². The van der Waals surface area contributed by atoms with Gasteiger partial charge in [-0.1, -0.05) is 66.2 Å². The van der Waals surface area contributed by atoms with Crippen molar-refractivity contribution < 1.29 is 0 Å². The van der Waals surface area contributed by atoms with Gasteiger partial charge in [-0.05, 0) is 31.2 Å². The molecule has 2 aromatic carbocycles. The van der Waals surface area contributed by atoms with Gasteiger partial charge in [0, 0.05) is 24.0 Å². The monoisotopic (exact) mass is 300 g/mol. The highest BCUT2D eigenvalue weighted by Gasteiger charge is 1.86. The highest BCUT2D eigenvalue weighted by atomic mass is 14.6. The summed E-state index contributed by atoms with van der Waals surface area (Å²) in [5, 5.41) is 1.20. The van der Waals surface area contributed by atoms with E-state index < -0.39 is 0 Å². The molecule has 0 spiro atoms.